The molecule has 1 aromatic heterocycles. The summed E-state index contributed by atoms with van der Waals surface area (Å²) in [7, 11) is 2.15. The molecule has 0 aliphatic carbocycles. The molecule has 2 heterocycles. The lowest BCUT2D eigenvalue weighted by Gasteiger charge is -2.28. The number of rotatable bonds is 7. The maximum Gasteiger partial charge on any atom is 0.193 e. The van der Waals surface area contributed by atoms with E-state index in [9.17, 15) is 0 Å². The van der Waals surface area contributed by atoms with Gasteiger partial charge in [-0.25, -0.2) is 0 Å². The third-order valence-electron chi connectivity index (χ3n) is 4.72. The lowest BCUT2D eigenvalue weighted by molar-refractivity contribution is 0.0625. The molecular formula is C19H34IN3OS. The molecule has 0 saturated carbocycles. The molecule has 25 heavy (non-hydrogen) atoms. The first-order valence-electron chi connectivity index (χ1n) is 9.14. The van der Waals surface area contributed by atoms with Crippen LogP contribution >= 0.6 is 35.3 Å². The number of hydrogen-bond donors (Lipinski definition) is 1. The lowest BCUT2D eigenvalue weighted by atomic mass is 9.92. The lowest BCUT2D eigenvalue weighted by Crippen LogP contribution is -2.41. The summed E-state index contributed by atoms with van der Waals surface area (Å²) in [6, 6.07) is 4.33. The van der Waals surface area contributed by atoms with Crippen molar-refractivity contribution in [2.45, 2.75) is 45.4 Å². The quantitative estimate of drug-likeness (QED) is 0.359. The van der Waals surface area contributed by atoms with Crippen molar-refractivity contribution in [1.82, 2.24) is 10.2 Å². The molecule has 1 aliphatic heterocycles. The molecule has 0 unspecified atom stereocenters. The molecule has 1 fully saturated rings. The Bertz CT molecular complexity index is 499. The normalized spacial score (nSPS) is 16.4. The van der Waals surface area contributed by atoms with E-state index in [1.807, 2.05) is 11.3 Å². The zero-order valence-corrected chi connectivity index (χ0v) is 19.2. The average Bonchev–Trinajstić information content (AvgIpc) is 3.13. The van der Waals surface area contributed by atoms with E-state index in [4.69, 9.17) is 9.73 Å². The highest BCUT2D eigenvalue weighted by molar-refractivity contribution is 14.0. The number of nitrogens with one attached hydrogen (secondary N) is 1. The molecule has 1 saturated heterocycles. The minimum Gasteiger partial charge on any atom is -0.381 e. The number of nitrogens with zero attached hydrogens (tertiary/aromatic N) is 2. The molecular weight excluding hydrogens is 445 g/mol. The number of aliphatic imine (C=N–C) groups is 1. The van der Waals surface area contributed by atoms with E-state index in [0.717, 1.165) is 44.7 Å². The maximum absolute atomic E-state index is 5.46. The number of hydrogen-bond acceptors (Lipinski definition) is 3. The Labute approximate surface area is 174 Å². The largest absolute Gasteiger partial charge is 0.381 e. The van der Waals surface area contributed by atoms with Crippen LogP contribution in [0.4, 0.5) is 0 Å². The zero-order chi connectivity index (χ0) is 17.4. The van der Waals surface area contributed by atoms with Crippen LogP contribution in [-0.4, -0.2) is 50.8 Å². The summed E-state index contributed by atoms with van der Waals surface area (Å²) in [6.07, 6.45) is 3.62. The van der Waals surface area contributed by atoms with Gasteiger partial charge in [0, 0.05) is 43.6 Å². The minimum atomic E-state index is 0. The van der Waals surface area contributed by atoms with Crippen LogP contribution in [0.1, 0.15) is 44.9 Å². The standard InChI is InChI=1S/C19H33N3OS.HI/c1-5-20-18(21-15-19(2,3)17-7-6-14-24-17)22(4)11-8-16-9-12-23-13-10-16;/h6-7,14,16H,5,8-13,15H2,1-4H3,(H,20,21);1H. The Kier molecular flexibility index (Phi) is 10.3. The van der Waals surface area contributed by atoms with Gasteiger partial charge in [-0.15, -0.1) is 35.3 Å². The molecule has 0 radical (unpaired) electrons. The maximum atomic E-state index is 5.46. The van der Waals surface area contributed by atoms with Gasteiger partial charge in [-0.2, -0.15) is 0 Å². The van der Waals surface area contributed by atoms with Gasteiger partial charge in [0.15, 0.2) is 5.96 Å². The van der Waals surface area contributed by atoms with Gasteiger partial charge in [-0.3, -0.25) is 4.99 Å². The Morgan fingerprint density at radius 1 is 1.40 bits per heavy atom. The summed E-state index contributed by atoms with van der Waals surface area (Å²) < 4.78 is 5.46. The van der Waals surface area contributed by atoms with E-state index in [0.29, 0.717) is 0 Å². The fourth-order valence-electron chi connectivity index (χ4n) is 3.00. The Morgan fingerprint density at radius 2 is 2.12 bits per heavy atom. The summed E-state index contributed by atoms with van der Waals surface area (Å²) in [6.45, 7) is 11.3. The van der Waals surface area contributed by atoms with Crippen LogP contribution in [0, 0.1) is 5.92 Å². The molecule has 0 spiro atoms. The Morgan fingerprint density at radius 3 is 2.72 bits per heavy atom. The van der Waals surface area contributed by atoms with Crippen molar-refractivity contribution in [1.29, 1.82) is 0 Å². The summed E-state index contributed by atoms with van der Waals surface area (Å²) >= 11 is 1.82. The van der Waals surface area contributed by atoms with Crippen LogP contribution in [-0.2, 0) is 10.2 Å². The molecule has 2 rings (SSSR count). The van der Waals surface area contributed by atoms with Gasteiger partial charge in [0.25, 0.3) is 0 Å². The van der Waals surface area contributed by atoms with Gasteiger partial charge in [0.2, 0.25) is 0 Å². The number of guanidine groups is 1. The third-order valence-corrected chi connectivity index (χ3v) is 5.96. The van der Waals surface area contributed by atoms with Crippen LogP contribution < -0.4 is 5.32 Å². The summed E-state index contributed by atoms with van der Waals surface area (Å²) in [5.74, 6) is 1.82. The summed E-state index contributed by atoms with van der Waals surface area (Å²) in [5, 5.41) is 5.59. The van der Waals surface area contributed by atoms with Crippen molar-refractivity contribution in [2.24, 2.45) is 10.9 Å². The predicted octanol–water partition coefficient (Wildman–Crippen LogP) is 4.36. The van der Waals surface area contributed by atoms with Crippen LogP contribution in [0.2, 0.25) is 0 Å². The fourth-order valence-corrected chi connectivity index (χ4v) is 3.85. The van der Waals surface area contributed by atoms with Crippen LogP contribution in [0.5, 0.6) is 0 Å². The molecule has 1 aliphatic rings. The van der Waals surface area contributed by atoms with E-state index in [2.05, 4.69) is 55.5 Å². The topological polar surface area (TPSA) is 36.9 Å². The monoisotopic (exact) mass is 479 g/mol. The molecule has 0 amide bonds. The van der Waals surface area contributed by atoms with Crippen molar-refractivity contribution < 1.29 is 4.74 Å². The van der Waals surface area contributed by atoms with Gasteiger partial charge in [-0.05, 0) is 43.6 Å². The minimum absolute atomic E-state index is 0. The van der Waals surface area contributed by atoms with Crippen LogP contribution in [0.25, 0.3) is 0 Å². The van der Waals surface area contributed by atoms with Crippen molar-refractivity contribution >= 4 is 41.3 Å². The second-order valence-corrected chi connectivity index (χ2v) is 8.25. The summed E-state index contributed by atoms with van der Waals surface area (Å²) in [4.78, 5) is 8.59. The first-order valence-corrected chi connectivity index (χ1v) is 10.0. The van der Waals surface area contributed by atoms with Crippen molar-refractivity contribution in [2.75, 3.05) is 39.9 Å². The van der Waals surface area contributed by atoms with Gasteiger partial charge >= 0.3 is 0 Å². The number of ether oxygens (including phenoxy) is 1. The van der Waals surface area contributed by atoms with Gasteiger partial charge in [0.1, 0.15) is 0 Å². The fraction of sp³-hybridized carbons (Fsp3) is 0.737. The van der Waals surface area contributed by atoms with Crippen LogP contribution in [0.3, 0.4) is 0 Å². The molecule has 0 aromatic carbocycles. The average molecular weight is 479 g/mol. The molecule has 0 bridgehead atoms. The predicted molar refractivity (Wildman–Crippen MR) is 120 cm³/mol. The van der Waals surface area contributed by atoms with Crippen molar-refractivity contribution in [3.8, 4) is 0 Å². The van der Waals surface area contributed by atoms with E-state index in [1.165, 1.54) is 24.1 Å². The highest BCUT2D eigenvalue weighted by atomic mass is 127. The Hall–Kier alpha value is -0.340. The molecule has 144 valence electrons. The first kappa shape index (κ1) is 22.7. The molecule has 1 aromatic rings. The van der Waals surface area contributed by atoms with E-state index >= 15 is 0 Å². The number of halogens is 1. The highest BCUT2D eigenvalue weighted by Crippen LogP contribution is 2.27. The van der Waals surface area contributed by atoms with Crippen molar-refractivity contribution in [3.05, 3.63) is 22.4 Å². The number of thiophene rings is 1. The SMILES string of the molecule is CCNC(=NCC(C)(C)c1cccs1)N(C)CCC1CCOCC1.I. The molecule has 1 N–H and O–H groups in total. The van der Waals surface area contributed by atoms with E-state index < -0.39 is 0 Å². The zero-order valence-electron chi connectivity index (χ0n) is 16.1. The smallest absolute Gasteiger partial charge is 0.193 e. The first-order chi connectivity index (χ1) is 11.5. The molecule has 4 nitrogen and oxygen atoms in total. The van der Waals surface area contributed by atoms with E-state index in [-0.39, 0.29) is 29.4 Å². The summed E-state index contributed by atoms with van der Waals surface area (Å²) in [5.41, 5.74) is 0.0797. The highest BCUT2D eigenvalue weighted by Gasteiger charge is 2.22. The van der Waals surface area contributed by atoms with Gasteiger partial charge < -0.3 is 15.0 Å². The third kappa shape index (κ3) is 7.43. The van der Waals surface area contributed by atoms with Gasteiger partial charge in [-0.1, -0.05) is 19.9 Å². The second kappa shape index (κ2) is 11.4. The van der Waals surface area contributed by atoms with E-state index in [1.54, 1.807) is 0 Å². The Balaban J connectivity index is 0.00000312. The molecule has 6 heteroatoms. The molecule has 0 atom stereocenters. The van der Waals surface area contributed by atoms with Gasteiger partial charge in [0.05, 0.1) is 6.54 Å². The van der Waals surface area contributed by atoms with Crippen molar-refractivity contribution in [3.63, 3.8) is 0 Å². The van der Waals surface area contributed by atoms with Crippen LogP contribution in [0.15, 0.2) is 22.5 Å². The second-order valence-electron chi connectivity index (χ2n) is 7.30.